The Balaban J connectivity index is 1.80. The molecule has 166 valence electrons. The third-order valence-corrected chi connectivity index (χ3v) is 6.23. The second kappa shape index (κ2) is 8.94. The molecule has 3 N–H and O–H groups in total. The number of fused-ring (bicyclic) bond motifs is 1. The topological polar surface area (TPSA) is 147 Å². The van der Waals surface area contributed by atoms with Crippen molar-refractivity contribution in [3.63, 3.8) is 0 Å². The average Bonchev–Trinajstić information content (AvgIpc) is 3.15. The molecule has 10 nitrogen and oxygen atoms in total. The van der Waals surface area contributed by atoms with Crippen LogP contribution in [-0.2, 0) is 37.4 Å². The number of amides is 2. The van der Waals surface area contributed by atoms with Crippen LogP contribution in [0, 0.1) is 11.7 Å². The van der Waals surface area contributed by atoms with E-state index in [1.165, 1.54) is 6.20 Å². The van der Waals surface area contributed by atoms with Crippen LogP contribution in [-0.4, -0.2) is 43.3 Å². The van der Waals surface area contributed by atoms with E-state index in [1.54, 1.807) is 13.8 Å². The van der Waals surface area contributed by atoms with Crippen molar-refractivity contribution < 1.29 is 31.7 Å². The Bertz CT molecular complexity index is 1100. The number of hydrogen-bond donors (Lipinski definition) is 3. The normalized spacial score (nSPS) is 18.0. The van der Waals surface area contributed by atoms with Crippen molar-refractivity contribution in [1.82, 2.24) is 20.5 Å². The third-order valence-electron chi connectivity index (χ3n) is 4.77. The summed E-state index contributed by atoms with van der Waals surface area (Å²) in [6.45, 7) is 3.29. The molecule has 1 aromatic heterocycles. The molecule has 31 heavy (non-hydrogen) atoms. The van der Waals surface area contributed by atoms with Crippen LogP contribution in [0.5, 0.6) is 0 Å². The Morgan fingerprint density at radius 2 is 1.94 bits per heavy atom. The number of rotatable bonds is 6. The quantitative estimate of drug-likeness (QED) is 0.524. The Morgan fingerprint density at radius 1 is 1.26 bits per heavy atom. The maximum atomic E-state index is 13.1. The van der Waals surface area contributed by atoms with E-state index in [0.29, 0.717) is 11.3 Å². The van der Waals surface area contributed by atoms with E-state index in [4.69, 9.17) is 4.52 Å². The molecule has 3 rings (SSSR count). The van der Waals surface area contributed by atoms with Crippen LogP contribution in [0.3, 0.4) is 0 Å². The van der Waals surface area contributed by atoms with E-state index in [9.17, 15) is 27.2 Å². The van der Waals surface area contributed by atoms with Gasteiger partial charge in [0.05, 0.1) is 11.1 Å². The van der Waals surface area contributed by atoms with Gasteiger partial charge in [0.1, 0.15) is 23.7 Å². The molecule has 0 saturated heterocycles. The Kier molecular flexibility index (Phi) is 6.51. The van der Waals surface area contributed by atoms with Crippen molar-refractivity contribution in [2.45, 2.75) is 43.8 Å². The first-order valence-corrected chi connectivity index (χ1v) is 10.9. The third kappa shape index (κ3) is 5.14. The highest BCUT2D eigenvalue weighted by Gasteiger charge is 2.35. The first-order valence-electron chi connectivity index (χ1n) is 9.41. The van der Waals surface area contributed by atoms with E-state index in [2.05, 4.69) is 20.5 Å². The number of aromatic nitrogens is 1. The number of carbonyl (C=O) groups is 3. The van der Waals surface area contributed by atoms with Gasteiger partial charge in [0.25, 0.3) is 5.91 Å². The van der Waals surface area contributed by atoms with E-state index < -0.39 is 51.4 Å². The number of Topliss-reactive ketones (excluding diaryl/α,β-unsaturated/α-hetero) is 1. The van der Waals surface area contributed by atoms with Crippen molar-refractivity contribution >= 4 is 27.6 Å². The number of halogens is 1. The molecule has 2 unspecified atom stereocenters. The highest BCUT2D eigenvalue weighted by atomic mass is 32.2. The molecule has 0 bridgehead atoms. The van der Waals surface area contributed by atoms with E-state index >= 15 is 0 Å². The summed E-state index contributed by atoms with van der Waals surface area (Å²) in [6.07, 6.45) is 1.29. The zero-order valence-electron chi connectivity index (χ0n) is 16.7. The van der Waals surface area contributed by atoms with E-state index in [1.807, 2.05) is 0 Å². The molecule has 0 fully saturated rings. The van der Waals surface area contributed by atoms with Crippen LogP contribution in [0.15, 0.2) is 39.9 Å². The maximum Gasteiger partial charge on any atom is 0.289 e. The summed E-state index contributed by atoms with van der Waals surface area (Å²) in [4.78, 5) is 37.1. The van der Waals surface area contributed by atoms with E-state index in [0.717, 1.165) is 24.3 Å². The van der Waals surface area contributed by atoms with Crippen molar-refractivity contribution in [1.29, 1.82) is 0 Å². The van der Waals surface area contributed by atoms with Gasteiger partial charge in [-0.1, -0.05) is 19.0 Å². The number of ketones is 1. The summed E-state index contributed by atoms with van der Waals surface area (Å²) in [6, 6.07) is 1.59. The number of carbonyl (C=O) groups excluding carboxylic acids is 3. The van der Waals surface area contributed by atoms with Crippen LogP contribution >= 0.6 is 0 Å². The largest absolute Gasteiger partial charge is 0.361 e. The predicted octanol–water partition coefficient (Wildman–Crippen LogP) is 0.0430. The zero-order chi connectivity index (χ0) is 22.8. The summed E-state index contributed by atoms with van der Waals surface area (Å²) >= 11 is 0. The zero-order valence-corrected chi connectivity index (χ0v) is 17.5. The van der Waals surface area contributed by atoms with Crippen LogP contribution in [0.25, 0.3) is 0 Å². The lowest BCUT2D eigenvalue weighted by Crippen LogP contribution is -2.56. The van der Waals surface area contributed by atoms with Gasteiger partial charge < -0.3 is 15.2 Å². The molecule has 1 aliphatic rings. The molecule has 2 heterocycles. The van der Waals surface area contributed by atoms with Gasteiger partial charge in [-0.15, -0.1) is 0 Å². The maximum absolute atomic E-state index is 13.1. The molecule has 2 amide bonds. The monoisotopic (exact) mass is 452 g/mol. The Morgan fingerprint density at radius 3 is 2.58 bits per heavy atom. The van der Waals surface area contributed by atoms with Crippen molar-refractivity contribution in [2.24, 2.45) is 5.92 Å². The van der Waals surface area contributed by atoms with Crippen molar-refractivity contribution in [2.75, 3.05) is 0 Å². The number of hydrogen-bond acceptors (Lipinski definition) is 7. The Labute approximate surface area is 177 Å². The summed E-state index contributed by atoms with van der Waals surface area (Å²) in [5.74, 6) is -3.36. The van der Waals surface area contributed by atoms with Gasteiger partial charge in [-0.05, 0) is 30.2 Å². The van der Waals surface area contributed by atoms with Gasteiger partial charge in [0.15, 0.2) is 0 Å². The Hall–Kier alpha value is -3.12. The van der Waals surface area contributed by atoms with Gasteiger partial charge in [-0.3, -0.25) is 14.4 Å². The number of nitrogens with zero attached hydrogens (tertiary/aromatic N) is 1. The lowest BCUT2D eigenvalue weighted by atomic mass is 9.99. The summed E-state index contributed by atoms with van der Waals surface area (Å²) in [5.41, 5.74) is 0.567. The standard InChI is InChI=1S/C19H21FN4O6S/c1-10(2)16(24-31(28,29)13-5-3-12(20)4-6-13)18(26)23-14-7-15-11(9-22-30-15)8-21-19(27)17(14)25/h3-6,9-10,14,16,24H,7-8H2,1-2H3,(H,21,27)(H,23,26). The van der Waals surface area contributed by atoms with Crippen molar-refractivity contribution in [3.8, 4) is 0 Å². The fourth-order valence-corrected chi connectivity index (χ4v) is 4.36. The smallest absolute Gasteiger partial charge is 0.289 e. The fraction of sp³-hybridized carbons (Fsp3) is 0.368. The van der Waals surface area contributed by atoms with Crippen molar-refractivity contribution in [3.05, 3.63) is 47.6 Å². The molecule has 1 aliphatic heterocycles. The molecule has 2 atom stereocenters. The van der Waals surface area contributed by atoms with Crippen LogP contribution in [0.2, 0.25) is 0 Å². The van der Waals surface area contributed by atoms with Crippen LogP contribution < -0.4 is 15.4 Å². The second-order valence-corrected chi connectivity index (χ2v) is 9.10. The minimum Gasteiger partial charge on any atom is -0.361 e. The molecule has 0 spiro atoms. The first kappa shape index (κ1) is 22.6. The molecular formula is C19H21FN4O6S. The van der Waals surface area contributed by atoms with Crippen LogP contribution in [0.4, 0.5) is 4.39 Å². The van der Waals surface area contributed by atoms with Gasteiger partial charge in [0.2, 0.25) is 21.7 Å². The average molecular weight is 452 g/mol. The summed E-state index contributed by atoms with van der Waals surface area (Å²) < 4.78 is 45.7. The predicted molar refractivity (Wildman–Crippen MR) is 104 cm³/mol. The lowest BCUT2D eigenvalue weighted by molar-refractivity contribution is -0.140. The first-order chi connectivity index (χ1) is 14.6. The van der Waals surface area contributed by atoms with Crippen LogP contribution in [0.1, 0.15) is 25.2 Å². The molecule has 0 aliphatic carbocycles. The minimum absolute atomic E-state index is 0.0656. The lowest BCUT2D eigenvalue weighted by Gasteiger charge is -2.25. The molecular weight excluding hydrogens is 431 g/mol. The number of benzene rings is 1. The molecule has 0 saturated carbocycles. The van der Waals surface area contributed by atoms with Gasteiger partial charge >= 0.3 is 0 Å². The second-order valence-electron chi connectivity index (χ2n) is 7.38. The van der Waals surface area contributed by atoms with Gasteiger partial charge in [-0.25, -0.2) is 12.8 Å². The van der Waals surface area contributed by atoms with Gasteiger partial charge in [0, 0.05) is 18.5 Å². The molecule has 0 radical (unpaired) electrons. The molecule has 1 aromatic carbocycles. The van der Waals surface area contributed by atoms with Gasteiger partial charge in [-0.2, -0.15) is 4.72 Å². The SMILES string of the molecule is CC(C)C(NS(=O)(=O)c1ccc(F)cc1)C(=O)NC1Cc2oncc2CNC(=O)C1=O. The van der Waals surface area contributed by atoms with E-state index in [-0.39, 0.29) is 17.9 Å². The minimum atomic E-state index is -4.15. The summed E-state index contributed by atoms with van der Waals surface area (Å²) in [7, 11) is -4.15. The highest BCUT2D eigenvalue weighted by Crippen LogP contribution is 2.16. The highest BCUT2D eigenvalue weighted by molar-refractivity contribution is 7.89. The number of sulfonamides is 1. The fourth-order valence-electron chi connectivity index (χ4n) is 3.02. The number of nitrogens with one attached hydrogen (secondary N) is 3. The summed E-state index contributed by atoms with van der Waals surface area (Å²) in [5, 5.41) is 8.49. The molecule has 12 heteroatoms. The molecule has 2 aromatic rings.